The average Bonchev–Trinajstić information content (AvgIpc) is 2.99. The highest BCUT2D eigenvalue weighted by molar-refractivity contribution is 9.10. The van der Waals surface area contributed by atoms with Gasteiger partial charge in [-0.2, -0.15) is 5.10 Å². The van der Waals surface area contributed by atoms with Crippen molar-refractivity contribution in [3.05, 3.63) is 34.7 Å². The minimum absolute atomic E-state index is 0.351. The number of rotatable bonds is 4. The normalized spacial score (nSPS) is 11.3. The number of hydrogen-bond acceptors (Lipinski definition) is 4. The van der Waals surface area contributed by atoms with E-state index in [9.17, 15) is 0 Å². The van der Waals surface area contributed by atoms with Gasteiger partial charge in [0.2, 0.25) is 0 Å². The largest absolute Gasteiger partial charge is 0.311 e. The van der Waals surface area contributed by atoms with Gasteiger partial charge in [0.1, 0.15) is 17.7 Å². The number of pyridine rings is 1. The first kappa shape index (κ1) is 13.5. The van der Waals surface area contributed by atoms with Gasteiger partial charge in [0.05, 0.1) is 5.88 Å². The van der Waals surface area contributed by atoms with E-state index >= 15 is 0 Å². The van der Waals surface area contributed by atoms with Crippen molar-refractivity contribution < 1.29 is 0 Å². The van der Waals surface area contributed by atoms with E-state index in [0.717, 1.165) is 27.3 Å². The monoisotopic (exact) mass is 354 g/mol. The molecule has 0 unspecified atom stereocenters. The Kier molecular flexibility index (Phi) is 3.71. The van der Waals surface area contributed by atoms with Crippen LogP contribution in [0.3, 0.4) is 0 Å². The molecule has 0 amide bonds. The Labute approximate surface area is 128 Å². The van der Waals surface area contributed by atoms with Crippen molar-refractivity contribution in [3.8, 4) is 0 Å². The fraction of sp³-hybridized carbons (Fsp3) is 0.333. The van der Waals surface area contributed by atoms with E-state index in [1.807, 2.05) is 17.7 Å². The average molecular weight is 356 g/mol. The van der Waals surface area contributed by atoms with Crippen molar-refractivity contribution in [1.82, 2.24) is 29.3 Å². The van der Waals surface area contributed by atoms with Crippen LogP contribution < -0.4 is 0 Å². The van der Waals surface area contributed by atoms with Crippen LogP contribution in [0, 0.1) is 0 Å². The fourth-order valence-corrected chi connectivity index (χ4v) is 2.60. The van der Waals surface area contributed by atoms with Crippen molar-refractivity contribution in [1.29, 1.82) is 0 Å². The van der Waals surface area contributed by atoms with E-state index in [-0.39, 0.29) is 0 Å². The molecule has 0 bridgehead atoms. The van der Waals surface area contributed by atoms with Crippen LogP contribution in [0.2, 0.25) is 0 Å². The van der Waals surface area contributed by atoms with E-state index < -0.39 is 0 Å². The maximum absolute atomic E-state index is 5.97. The van der Waals surface area contributed by atoms with Gasteiger partial charge in [0.25, 0.3) is 0 Å². The second-order valence-electron chi connectivity index (χ2n) is 4.39. The summed E-state index contributed by atoms with van der Waals surface area (Å²) < 4.78 is 4.62. The molecular formula is C12H12BrClN6. The number of aryl methyl sites for hydroxylation is 3. The summed E-state index contributed by atoms with van der Waals surface area (Å²) in [4.78, 5) is 13.1. The first-order valence-corrected chi connectivity index (χ1v) is 7.41. The summed E-state index contributed by atoms with van der Waals surface area (Å²) in [7, 11) is 1.85. The van der Waals surface area contributed by atoms with E-state index in [0.29, 0.717) is 18.8 Å². The highest BCUT2D eigenvalue weighted by atomic mass is 79.9. The summed E-state index contributed by atoms with van der Waals surface area (Å²) in [5.41, 5.74) is 1.67. The van der Waals surface area contributed by atoms with Gasteiger partial charge in [-0.3, -0.25) is 4.68 Å². The molecule has 8 heteroatoms. The van der Waals surface area contributed by atoms with Crippen LogP contribution in [0.4, 0.5) is 0 Å². The molecule has 0 saturated heterocycles. The van der Waals surface area contributed by atoms with Gasteiger partial charge < -0.3 is 4.57 Å². The van der Waals surface area contributed by atoms with Crippen LogP contribution >= 0.6 is 27.5 Å². The van der Waals surface area contributed by atoms with Crippen molar-refractivity contribution >= 4 is 38.7 Å². The topological polar surface area (TPSA) is 61.4 Å². The second-order valence-corrected chi connectivity index (χ2v) is 5.58. The molecule has 0 aromatic carbocycles. The van der Waals surface area contributed by atoms with E-state index in [4.69, 9.17) is 11.6 Å². The van der Waals surface area contributed by atoms with Crippen molar-refractivity contribution in [2.45, 2.75) is 18.8 Å². The van der Waals surface area contributed by atoms with E-state index in [1.165, 1.54) is 0 Å². The zero-order valence-corrected chi connectivity index (χ0v) is 13.1. The van der Waals surface area contributed by atoms with Crippen molar-refractivity contribution in [2.24, 2.45) is 7.05 Å². The standard InChI is InChI=1S/C12H12BrClN6/c1-19-7-16-10(18-19)2-3-20-11(5-14)17-9-4-8(13)6-15-12(9)20/h4,6-7H,2-3,5H2,1H3. The first-order chi connectivity index (χ1) is 9.67. The lowest BCUT2D eigenvalue weighted by Crippen LogP contribution is -2.07. The summed E-state index contributed by atoms with van der Waals surface area (Å²) in [5, 5.41) is 4.27. The first-order valence-electron chi connectivity index (χ1n) is 6.08. The van der Waals surface area contributed by atoms with E-state index in [1.54, 1.807) is 17.2 Å². The summed E-state index contributed by atoms with van der Waals surface area (Å²) in [6.45, 7) is 0.706. The number of aromatic nitrogens is 6. The summed E-state index contributed by atoms with van der Waals surface area (Å²) in [6.07, 6.45) is 4.17. The molecule has 0 radical (unpaired) electrons. The third-order valence-electron chi connectivity index (χ3n) is 2.96. The van der Waals surface area contributed by atoms with Gasteiger partial charge in [-0.25, -0.2) is 15.0 Å². The molecule has 3 rings (SSSR count). The lowest BCUT2D eigenvalue weighted by molar-refractivity contribution is 0.650. The maximum Gasteiger partial charge on any atom is 0.160 e. The summed E-state index contributed by atoms with van der Waals surface area (Å²) in [5.74, 6) is 1.96. The van der Waals surface area contributed by atoms with Crippen molar-refractivity contribution in [2.75, 3.05) is 0 Å². The molecule has 0 aliphatic carbocycles. The zero-order chi connectivity index (χ0) is 14.1. The Balaban J connectivity index is 1.93. The summed E-state index contributed by atoms with van der Waals surface area (Å²) >= 11 is 9.37. The lowest BCUT2D eigenvalue weighted by Gasteiger charge is -2.05. The molecule has 0 atom stereocenters. The van der Waals surface area contributed by atoms with Gasteiger partial charge in [0, 0.05) is 30.7 Å². The molecule has 0 aliphatic heterocycles. The van der Waals surface area contributed by atoms with Crippen LogP contribution in [-0.2, 0) is 25.9 Å². The zero-order valence-electron chi connectivity index (χ0n) is 10.8. The van der Waals surface area contributed by atoms with Gasteiger partial charge >= 0.3 is 0 Å². The highest BCUT2D eigenvalue weighted by Crippen LogP contribution is 2.19. The van der Waals surface area contributed by atoms with Crippen LogP contribution in [0.1, 0.15) is 11.6 Å². The second kappa shape index (κ2) is 5.49. The van der Waals surface area contributed by atoms with Gasteiger partial charge in [-0.1, -0.05) is 0 Å². The Bertz CT molecular complexity index is 750. The number of imidazole rings is 1. The van der Waals surface area contributed by atoms with Gasteiger partial charge in [0.15, 0.2) is 11.5 Å². The fourth-order valence-electron chi connectivity index (χ4n) is 2.08. The Hall–Kier alpha value is -1.47. The maximum atomic E-state index is 5.97. The molecule has 0 fully saturated rings. The molecule has 0 saturated carbocycles. The molecule has 104 valence electrons. The Morgan fingerprint density at radius 2 is 2.20 bits per heavy atom. The van der Waals surface area contributed by atoms with Crippen LogP contribution in [0.25, 0.3) is 11.2 Å². The Morgan fingerprint density at radius 1 is 1.35 bits per heavy atom. The quantitative estimate of drug-likeness (QED) is 0.674. The van der Waals surface area contributed by atoms with E-state index in [2.05, 4.69) is 36.0 Å². The molecule has 0 N–H and O–H groups in total. The van der Waals surface area contributed by atoms with Crippen molar-refractivity contribution in [3.63, 3.8) is 0 Å². The molecule has 3 aromatic rings. The molecule has 20 heavy (non-hydrogen) atoms. The van der Waals surface area contributed by atoms with Gasteiger partial charge in [-0.05, 0) is 22.0 Å². The number of alkyl halides is 1. The number of nitrogens with zero attached hydrogens (tertiary/aromatic N) is 6. The third kappa shape index (κ3) is 2.55. The highest BCUT2D eigenvalue weighted by Gasteiger charge is 2.12. The lowest BCUT2D eigenvalue weighted by atomic mass is 10.4. The molecule has 3 aromatic heterocycles. The predicted octanol–water partition coefficient (Wildman–Crippen LogP) is 2.30. The third-order valence-corrected chi connectivity index (χ3v) is 3.63. The molecule has 6 nitrogen and oxygen atoms in total. The van der Waals surface area contributed by atoms with Crippen LogP contribution in [-0.4, -0.2) is 29.3 Å². The Morgan fingerprint density at radius 3 is 2.90 bits per heavy atom. The number of hydrogen-bond donors (Lipinski definition) is 0. The predicted molar refractivity (Wildman–Crippen MR) is 79.5 cm³/mol. The smallest absolute Gasteiger partial charge is 0.160 e. The number of fused-ring (bicyclic) bond motifs is 1. The molecule has 0 spiro atoms. The minimum atomic E-state index is 0.351. The molecule has 3 heterocycles. The number of halogens is 2. The van der Waals surface area contributed by atoms with Crippen LogP contribution in [0.15, 0.2) is 23.1 Å². The molecule has 0 aliphatic rings. The molecular weight excluding hydrogens is 344 g/mol. The van der Waals surface area contributed by atoms with Crippen LogP contribution in [0.5, 0.6) is 0 Å². The SMILES string of the molecule is Cn1cnc(CCn2c(CCl)nc3cc(Br)cnc32)n1. The minimum Gasteiger partial charge on any atom is -0.311 e. The summed E-state index contributed by atoms with van der Waals surface area (Å²) in [6, 6.07) is 1.94. The van der Waals surface area contributed by atoms with Gasteiger partial charge in [-0.15, -0.1) is 11.6 Å².